The molecule has 1 saturated carbocycles. The monoisotopic (exact) mass is 261 g/mol. The second-order valence-electron chi connectivity index (χ2n) is 5.79. The van der Waals surface area contributed by atoms with E-state index in [2.05, 4.69) is 0 Å². The van der Waals surface area contributed by atoms with E-state index in [1.165, 1.54) is 25.5 Å². The first-order valence-corrected chi connectivity index (χ1v) is 7.11. The minimum Gasteiger partial charge on any atom is -0.478 e. The number of nitrogens with zero attached hydrogens (tertiary/aromatic N) is 1. The Bertz CT molecular complexity index is 466. The second-order valence-corrected chi connectivity index (χ2v) is 5.79. The van der Waals surface area contributed by atoms with E-state index < -0.39 is 5.97 Å². The molecule has 4 heteroatoms. The largest absolute Gasteiger partial charge is 0.478 e. The molecule has 0 bridgehead atoms. The fraction of sp³-hybridized carbons (Fsp3) is 0.600. The van der Waals surface area contributed by atoms with Gasteiger partial charge in [0.15, 0.2) is 0 Å². The van der Waals surface area contributed by atoms with Gasteiger partial charge in [-0.1, -0.05) is 25.3 Å². The number of rotatable bonds is 1. The van der Waals surface area contributed by atoms with Gasteiger partial charge in [0.2, 0.25) is 5.91 Å². The van der Waals surface area contributed by atoms with Crippen molar-refractivity contribution in [2.24, 2.45) is 11.8 Å². The maximum atomic E-state index is 12.2. The smallest absolute Gasteiger partial charge is 0.337 e. The number of carbonyl (C=O) groups is 2. The third kappa shape index (κ3) is 2.20. The maximum absolute atomic E-state index is 12.2. The van der Waals surface area contributed by atoms with Crippen molar-refractivity contribution >= 4 is 11.9 Å². The Morgan fingerprint density at radius 2 is 2.05 bits per heavy atom. The minimum absolute atomic E-state index is 0.0718. The van der Waals surface area contributed by atoms with E-state index in [-0.39, 0.29) is 17.5 Å². The van der Waals surface area contributed by atoms with Crippen molar-refractivity contribution < 1.29 is 14.7 Å². The highest BCUT2D eigenvalue weighted by molar-refractivity contribution is 5.91. The molecule has 0 aromatic heterocycles. The van der Waals surface area contributed by atoms with Gasteiger partial charge in [-0.25, -0.2) is 4.79 Å². The highest BCUT2D eigenvalue weighted by Crippen LogP contribution is 2.41. The van der Waals surface area contributed by atoms with Crippen molar-refractivity contribution in [3.05, 3.63) is 23.9 Å². The Kier molecular flexibility index (Phi) is 3.17. The first kappa shape index (κ1) is 12.5. The maximum Gasteiger partial charge on any atom is 0.337 e. The average molecular weight is 261 g/mol. The lowest BCUT2D eigenvalue weighted by atomic mass is 9.73. The molecule has 3 rings (SSSR count). The van der Waals surface area contributed by atoms with Crippen molar-refractivity contribution in [3.63, 3.8) is 0 Å². The third-order valence-electron chi connectivity index (χ3n) is 4.74. The van der Waals surface area contributed by atoms with E-state index in [4.69, 9.17) is 5.11 Å². The van der Waals surface area contributed by atoms with E-state index in [1.54, 1.807) is 11.0 Å². The lowest BCUT2D eigenvalue weighted by Crippen LogP contribution is -2.42. The molecule has 1 aliphatic carbocycles. The summed E-state index contributed by atoms with van der Waals surface area (Å²) in [5.41, 5.74) is 0.207. The van der Waals surface area contributed by atoms with Crippen LogP contribution in [0.2, 0.25) is 0 Å². The summed E-state index contributed by atoms with van der Waals surface area (Å²) in [6.45, 7) is 0. The molecule has 1 amide bonds. The van der Waals surface area contributed by atoms with Crippen LogP contribution in [0.15, 0.2) is 23.9 Å². The lowest BCUT2D eigenvalue weighted by Gasteiger charge is -2.38. The molecule has 0 radical (unpaired) electrons. The predicted molar refractivity (Wildman–Crippen MR) is 70.2 cm³/mol. The van der Waals surface area contributed by atoms with Gasteiger partial charge in [-0.05, 0) is 30.8 Å². The minimum atomic E-state index is -0.966. The molecule has 102 valence electrons. The summed E-state index contributed by atoms with van der Waals surface area (Å²) < 4.78 is 0. The Hall–Kier alpha value is -1.58. The summed E-state index contributed by atoms with van der Waals surface area (Å²) in [7, 11) is 0. The molecule has 0 aromatic carbocycles. The number of carbonyl (C=O) groups excluding carboxylic acids is 1. The number of carboxylic acid groups (broad SMARTS) is 1. The van der Waals surface area contributed by atoms with Gasteiger partial charge in [0.25, 0.3) is 0 Å². The number of hydrogen-bond acceptors (Lipinski definition) is 2. The molecular weight excluding hydrogens is 242 g/mol. The number of fused-ring (bicyclic) bond motifs is 3. The van der Waals surface area contributed by atoms with Crippen LogP contribution >= 0.6 is 0 Å². The molecule has 2 aliphatic heterocycles. The van der Waals surface area contributed by atoms with Gasteiger partial charge in [-0.15, -0.1) is 0 Å². The molecule has 3 aliphatic rings. The third-order valence-corrected chi connectivity index (χ3v) is 4.74. The average Bonchev–Trinajstić information content (AvgIpc) is 2.57. The highest BCUT2D eigenvalue weighted by Gasteiger charge is 2.39. The predicted octanol–water partition coefficient (Wildman–Crippen LogP) is 2.32. The molecule has 3 atom stereocenters. The Balaban J connectivity index is 1.92. The van der Waals surface area contributed by atoms with Crippen molar-refractivity contribution in [3.8, 4) is 0 Å². The summed E-state index contributed by atoms with van der Waals surface area (Å²) in [5, 5.41) is 9.06. The van der Waals surface area contributed by atoms with Crippen molar-refractivity contribution in [2.75, 3.05) is 0 Å². The van der Waals surface area contributed by atoms with Crippen LogP contribution in [-0.2, 0) is 9.59 Å². The normalized spacial score (nSPS) is 34.1. The molecule has 1 N–H and O–H groups in total. The summed E-state index contributed by atoms with van der Waals surface area (Å²) in [6, 6.07) is 0.0726. The standard InChI is InChI=1S/C15H19NO3/c17-14-8-6-10-3-1-2-4-12(10)13-7-5-11(15(18)19)9-16(13)14/h5,7,9-10,12-13H,1-4,6,8H2,(H,18,19). The molecule has 2 heterocycles. The van der Waals surface area contributed by atoms with Crippen molar-refractivity contribution in [1.82, 2.24) is 4.90 Å². The van der Waals surface area contributed by atoms with Gasteiger partial charge in [-0.2, -0.15) is 0 Å². The van der Waals surface area contributed by atoms with Gasteiger partial charge >= 0.3 is 5.97 Å². The van der Waals surface area contributed by atoms with Crippen LogP contribution in [0.1, 0.15) is 38.5 Å². The lowest BCUT2D eigenvalue weighted by molar-refractivity contribution is -0.132. The van der Waals surface area contributed by atoms with Crippen LogP contribution in [0.4, 0.5) is 0 Å². The number of amides is 1. The van der Waals surface area contributed by atoms with Crippen molar-refractivity contribution in [1.29, 1.82) is 0 Å². The molecule has 1 saturated heterocycles. The molecule has 2 fully saturated rings. The van der Waals surface area contributed by atoms with Crippen LogP contribution in [-0.4, -0.2) is 27.9 Å². The van der Waals surface area contributed by atoms with Gasteiger partial charge in [0.1, 0.15) is 0 Å². The van der Waals surface area contributed by atoms with E-state index in [9.17, 15) is 9.59 Å². The van der Waals surface area contributed by atoms with Gasteiger partial charge in [-0.3, -0.25) is 4.79 Å². The van der Waals surface area contributed by atoms with Crippen molar-refractivity contribution in [2.45, 2.75) is 44.6 Å². The fourth-order valence-electron chi connectivity index (χ4n) is 3.77. The topological polar surface area (TPSA) is 57.6 Å². The van der Waals surface area contributed by atoms with Gasteiger partial charge in [0.05, 0.1) is 11.6 Å². The molecule has 3 unspecified atom stereocenters. The van der Waals surface area contributed by atoms with Gasteiger partial charge < -0.3 is 10.0 Å². The van der Waals surface area contributed by atoms with Crippen LogP contribution in [0.3, 0.4) is 0 Å². The van der Waals surface area contributed by atoms with Gasteiger partial charge in [0, 0.05) is 12.6 Å². The molecule has 4 nitrogen and oxygen atoms in total. The molecule has 0 spiro atoms. The van der Waals surface area contributed by atoms with Crippen LogP contribution in [0.25, 0.3) is 0 Å². The molecular formula is C15H19NO3. The SMILES string of the molecule is O=C(O)C1=CN2C(=O)CCC3CCCCC3C2C=C1. The van der Waals surface area contributed by atoms with Crippen LogP contribution in [0, 0.1) is 11.8 Å². The molecule has 0 aromatic rings. The van der Waals surface area contributed by atoms with E-state index in [1.807, 2.05) is 6.08 Å². The Morgan fingerprint density at radius 3 is 2.84 bits per heavy atom. The van der Waals surface area contributed by atoms with Crippen LogP contribution in [0.5, 0.6) is 0 Å². The van der Waals surface area contributed by atoms with Crippen LogP contribution < -0.4 is 0 Å². The fourth-order valence-corrected chi connectivity index (χ4v) is 3.77. The Morgan fingerprint density at radius 1 is 1.26 bits per heavy atom. The first-order valence-electron chi connectivity index (χ1n) is 7.11. The summed E-state index contributed by atoms with van der Waals surface area (Å²) in [6.07, 6.45) is 11.5. The second kappa shape index (κ2) is 4.83. The first-order chi connectivity index (χ1) is 9.16. The summed E-state index contributed by atoms with van der Waals surface area (Å²) in [5.74, 6) is 0.231. The molecule has 19 heavy (non-hydrogen) atoms. The Labute approximate surface area is 112 Å². The highest BCUT2D eigenvalue weighted by atomic mass is 16.4. The number of carboxylic acids is 1. The summed E-state index contributed by atoms with van der Waals surface area (Å²) >= 11 is 0. The zero-order valence-corrected chi connectivity index (χ0v) is 10.9. The summed E-state index contributed by atoms with van der Waals surface area (Å²) in [4.78, 5) is 24.9. The number of hydrogen-bond donors (Lipinski definition) is 1. The quantitative estimate of drug-likeness (QED) is 0.788. The van der Waals surface area contributed by atoms with E-state index in [0.717, 1.165) is 12.8 Å². The number of aliphatic carboxylic acids is 1. The van der Waals surface area contributed by atoms with E-state index in [0.29, 0.717) is 18.3 Å². The van der Waals surface area contributed by atoms with E-state index >= 15 is 0 Å². The zero-order chi connectivity index (χ0) is 13.4. The zero-order valence-electron chi connectivity index (χ0n) is 10.9.